The second-order valence-corrected chi connectivity index (χ2v) is 7.60. The topological polar surface area (TPSA) is 51.3 Å². The molecule has 1 aromatic heterocycles. The fourth-order valence-electron chi connectivity index (χ4n) is 3.68. The van der Waals surface area contributed by atoms with Crippen LogP contribution < -0.4 is 0 Å². The van der Waals surface area contributed by atoms with Crippen molar-refractivity contribution >= 4 is 18.0 Å². The summed E-state index contributed by atoms with van der Waals surface area (Å²) in [5.74, 6) is 0.892. The SMILES string of the molecule is Cc1ccccc1-c1nn(CN2CCC(C(=O)c3ccccc3)CC2)c(=S)o1. The van der Waals surface area contributed by atoms with Crippen molar-refractivity contribution in [1.29, 1.82) is 0 Å². The van der Waals surface area contributed by atoms with Crippen LogP contribution in [0.4, 0.5) is 0 Å². The summed E-state index contributed by atoms with van der Waals surface area (Å²) in [4.78, 5) is 15.3. The Morgan fingerprint density at radius 1 is 1.11 bits per heavy atom. The Hall–Kier alpha value is -2.57. The molecule has 28 heavy (non-hydrogen) atoms. The molecule has 0 amide bonds. The van der Waals surface area contributed by atoms with Crippen molar-refractivity contribution < 1.29 is 9.21 Å². The van der Waals surface area contributed by atoms with Crippen LogP contribution in [0.3, 0.4) is 0 Å². The molecule has 4 rings (SSSR count). The highest BCUT2D eigenvalue weighted by Crippen LogP contribution is 2.24. The van der Waals surface area contributed by atoms with Crippen molar-refractivity contribution in [3.63, 3.8) is 0 Å². The summed E-state index contributed by atoms with van der Waals surface area (Å²) < 4.78 is 7.46. The largest absolute Gasteiger partial charge is 0.409 e. The van der Waals surface area contributed by atoms with Gasteiger partial charge in [0.25, 0.3) is 4.84 Å². The molecule has 2 heterocycles. The van der Waals surface area contributed by atoms with Crippen LogP contribution in [-0.2, 0) is 6.67 Å². The lowest BCUT2D eigenvalue weighted by molar-refractivity contribution is 0.0802. The number of benzene rings is 2. The van der Waals surface area contributed by atoms with Crippen LogP contribution in [0, 0.1) is 17.7 Å². The van der Waals surface area contributed by atoms with Crippen LogP contribution in [0.2, 0.25) is 0 Å². The molecule has 0 aliphatic carbocycles. The van der Waals surface area contributed by atoms with Gasteiger partial charge >= 0.3 is 0 Å². The fourth-order valence-corrected chi connectivity index (χ4v) is 3.86. The van der Waals surface area contributed by atoms with Gasteiger partial charge in [-0.05, 0) is 43.6 Å². The monoisotopic (exact) mass is 393 g/mol. The number of ketones is 1. The molecule has 1 fully saturated rings. The number of piperidine rings is 1. The third kappa shape index (κ3) is 3.98. The fraction of sp³-hybridized carbons (Fsp3) is 0.318. The molecule has 0 saturated carbocycles. The maximum atomic E-state index is 12.6. The van der Waals surface area contributed by atoms with Crippen LogP contribution in [0.5, 0.6) is 0 Å². The molecule has 1 aliphatic rings. The van der Waals surface area contributed by atoms with Gasteiger partial charge in [0.05, 0.1) is 6.67 Å². The Labute approximate surface area is 169 Å². The summed E-state index contributed by atoms with van der Waals surface area (Å²) in [7, 11) is 0. The molecule has 0 unspecified atom stereocenters. The number of hydrogen-bond donors (Lipinski definition) is 0. The predicted octanol–water partition coefficient (Wildman–Crippen LogP) is 4.73. The first kappa shape index (κ1) is 18.8. The van der Waals surface area contributed by atoms with E-state index in [1.807, 2.05) is 61.5 Å². The Morgan fingerprint density at radius 3 is 2.50 bits per heavy atom. The van der Waals surface area contributed by atoms with E-state index in [4.69, 9.17) is 16.6 Å². The maximum Gasteiger partial charge on any atom is 0.288 e. The highest BCUT2D eigenvalue weighted by molar-refractivity contribution is 7.71. The van der Waals surface area contributed by atoms with E-state index in [2.05, 4.69) is 10.00 Å². The van der Waals surface area contributed by atoms with Gasteiger partial charge in [0.1, 0.15) is 0 Å². The third-order valence-electron chi connectivity index (χ3n) is 5.33. The first-order chi connectivity index (χ1) is 13.6. The van der Waals surface area contributed by atoms with Gasteiger partial charge in [0, 0.05) is 30.1 Å². The number of aromatic nitrogens is 2. The molecule has 0 N–H and O–H groups in total. The predicted molar refractivity (Wildman–Crippen MR) is 111 cm³/mol. The molecule has 0 atom stereocenters. The van der Waals surface area contributed by atoms with Gasteiger partial charge in [-0.3, -0.25) is 9.69 Å². The Kier molecular flexibility index (Phi) is 5.50. The minimum absolute atomic E-state index is 0.0893. The molecule has 144 valence electrons. The van der Waals surface area contributed by atoms with Gasteiger partial charge in [0.15, 0.2) is 5.78 Å². The molecule has 1 saturated heterocycles. The first-order valence-corrected chi connectivity index (χ1v) is 9.98. The Balaban J connectivity index is 1.40. The van der Waals surface area contributed by atoms with Gasteiger partial charge in [-0.1, -0.05) is 48.5 Å². The summed E-state index contributed by atoms with van der Waals surface area (Å²) in [6, 6.07) is 17.5. The summed E-state index contributed by atoms with van der Waals surface area (Å²) in [6.07, 6.45) is 1.70. The average molecular weight is 394 g/mol. The first-order valence-electron chi connectivity index (χ1n) is 9.57. The number of carbonyl (C=O) groups is 1. The van der Waals surface area contributed by atoms with Crippen molar-refractivity contribution in [2.75, 3.05) is 13.1 Å². The summed E-state index contributed by atoms with van der Waals surface area (Å²) in [6.45, 7) is 4.30. The zero-order chi connectivity index (χ0) is 19.5. The van der Waals surface area contributed by atoms with Crippen molar-refractivity contribution in [3.8, 4) is 11.5 Å². The van der Waals surface area contributed by atoms with Crippen LogP contribution >= 0.6 is 12.2 Å². The molecule has 0 radical (unpaired) electrons. The number of nitrogens with zero attached hydrogens (tertiary/aromatic N) is 3. The molecule has 1 aliphatic heterocycles. The number of Topliss-reactive ketones (excluding diaryl/α,β-unsaturated/α-hetero) is 1. The van der Waals surface area contributed by atoms with Gasteiger partial charge in [-0.2, -0.15) is 0 Å². The second kappa shape index (κ2) is 8.20. The van der Waals surface area contributed by atoms with Gasteiger partial charge in [-0.15, -0.1) is 5.10 Å². The molecule has 3 aromatic rings. The third-order valence-corrected chi connectivity index (χ3v) is 5.63. The highest BCUT2D eigenvalue weighted by atomic mass is 32.1. The van der Waals surface area contributed by atoms with E-state index in [0.717, 1.165) is 42.6 Å². The molecular weight excluding hydrogens is 370 g/mol. The maximum absolute atomic E-state index is 12.6. The minimum Gasteiger partial charge on any atom is -0.409 e. The second-order valence-electron chi connectivity index (χ2n) is 7.25. The molecule has 2 aromatic carbocycles. The summed E-state index contributed by atoms with van der Waals surface area (Å²) >= 11 is 5.37. The van der Waals surface area contributed by atoms with Crippen LogP contribution in [0.1, 0.15) is 28.8 Å². The Morgan fingerprint density at radius 2 is 1.79 bits per heavy atom. The molecule has 0 bridgehead atoms. The summed E-state index contributed by atoms with van der Waals surface area (Å²) in [5.41, 5.74) is 2.87. The molecular formula is C22H23N3O2S. The quantitative estimate of drug-likeness (QED) is 0.463. The molecule has 0 spiro atoms. The van der Waals surface area contributed by atoms with Crippen molar-refractivity contribution in [3.05, 3.63) is 70.6 Å². The zero-order valence-corrected chi connectivity index (χ0v) is 16.7. The lowest BCUT2D eigenvalue weighted by Crippen LogP contribution is -2.37. The zero-order valence-electron chi connectivity index (χ0n) is 15.9. The van der Waals surface area contributed by atoms with E-state index in [1.165, 1.54) is 0 Å². The van der Waals surface area contributed by atoms with Crippen LogP contribution in [0.25, 0.3) is 11.5 Å². The summed E-state index contributed by atoms with van der Waals surface area (Å²) in [5, 5.41) is 4.57. The normalized spacial score (nSPS) is 15.6. The van der Waals surface area contributed by atoms with E-state index in [0.29, 0.717) is 17.4 Å². The number of aryl methyl sites for hydroxylation is 1. The average Bonchev–Trinajstić information content (AvgIpc) is 3.09. The molecule has 6 heteroatoms. The number of carbonyl (C=O) groups excluding carboxylic acids is 1. The number of likely N-dealkylation sites (tertiary alicyclic amines) is 1. The van der Waals surface area contributed by atoms with Gasteiger partial charge in [0.2, 0.25) is 5.89 Å². The van der Waals surface area contributed by atoms with Crippen molar-refractivity contribution in [1.82, 2.24) is 14.7 Å². The van der Waals surface area contributed by atoms with Crippen LogP contribution in [-0.4, -0.2) is 33.6 Å². The van der Waals surface area contributed by atoms with Crippen molar-refractivity contribution in [2.24, 2.45) is 5.92 Å². The Bertz CT molecular complexity index is 1020. The van der Waals surface area contributed by atoms with Crippen LogP contribution in [0.15, 0.2) is 59.0 Å². The highest BCUT2D eigenvalue weighted by Gasteiger charge is 2.26. The van der Waals surface area contributed by atoms with Crippen molar-refractivity contribution in [2.45, 2.75) is 26.4 Å². The number of hydrogen-bond acceptors (Lipinski definition) is 5. The number of rotatable bonds is 5. The lowest BCUT2D eigenvalue weighted by Gasteiger charge is -2.30. The van der Waals surface area contributed by atoms with Gasteiger partial charge in [-0.25, -0.2) is 4.68 Å². The standard InChI is InChI=1S/C22H23N3O2S/c1-16-7-5-6-10-19(16)21-23-25(22(28)27-21)15-24-13-11-18(12-14-24)20(26)17-8-3-2-4-9-17/h2-10,18H,11-15H2,1H3. The van der Waals surface area contributed by atoms with E-state index < -0.39 is 0 Å². The van der Waals surface area contributed by atoms with E-state index in [-0.39, 0.29) is 11.7 Å². The molecule has 5 nitrogen and oxygen atoms in total. The lowest BCUT2D eigenvalue weighted by atomic mass is 9.89. The van der Waals surface area contributed by atoms with E-state index in [9.17, 15) is 4.79 Å². The minimum atomic E-state index is 0.0893. The van der Waals surface area contributed by atoms with E-state index in [1.54, 1.807) is 4.68 Å². The van der Waals surface area contributed by atoms with Gasteiger partial charge < -0.3 is 4.42 Å². The van der Waals surface area contributed by atoms with E-state index >= 15 is 0 Å². The smallest absolute Gasteiger partial charge is 0.288 e.